The molecule has 1 aromatic heterocycles. The van der Waals surface area contributed by atoms with Gasteiger partial charge < -0.3 is 9.67 Å². The molecule has 22 heavy (non-hydrogen) atoms. The maximum absolute atomic E-state index is 12.6. The summed E-state index contributed by atoms with van der Waals surface area (Å²) in [4.78, 5) is 25.0. The van der Waals surface area contributed by atoms with E-state index in [0.717, 1.165) is 0 Å². The van der Waals surface area contributed by atoms with Gasteiger partial charge in [-0.3, -0.25) is 9.59 Å². The van der Waals surface area contributed by atoms with Gasteiger partial charge in [-0.1, -0.05) is 23.7 Å². The Morgan fingerprint density at radius 1 is 1.09 bits per heavy atom. The van der Waals surface area contributed by atoms with Crippen molar-refractivity contribution in [2.75, 3.05) is 0 Å². The summed E-state index contributed by atoms with van der Waals surface area (Å²) in [7, 11) is 1.57. The first-order valence-corrected chi connectivity index (χ1v) is 6.99. The van der Waals surface area contributed by atoms with Gasteiger partial charge in [0.15, 0.2) is 0 Å². The van der Waals surface area contributed by atoms with E-state index in [1.807, 2.05) is 0 Å². The number of hydrogen-bond donors (Lipinski definition) is 1. The van der Waals surface area contributed by atoms with Crippen LogP contribution in [0.1, 0.15) is 15.9 Å². The van der Waals surface area contributed by atoms with Crippen molar-refractivity contribution in [3.8, 4) is 5.75 Å². The van der Waals surface area contributed by atoms with Gasteiger partial charge in [0.25, 0.3) is 5.56 Å². The van der Waals surface area contributed by atoms with Gasteiger partial charge in [-0.15, -0.1) is 0 Å². The van der Waals surface area contributed by atoms with E-state index in [1.165, 1.54) is 16.7 Å². The molecule has 0 aliphatic rings. The summed E-state index contributed by atoms with van der Waals surface area (Å²) in [6.07, 6.45) is 0. The van der Waals surface area contributed by atoms with Crippen molar-refractivity contribution < 1.29 is 9.90 Å². The van der Waals surface area contributed by atoms with Crippen LogP contribution in [0.2, 0.25) is 5.02 Å². The second-order valence-corrected chi connectivity index (χ2v) is 5.38. The number of hydrogen-bond acceptors (Lipinski definition) is 3. The van der Waals surface area contributed by atoms with Gasteiger partial charge in [0, 0.05) is 23.0 Å². The monoisotopic (exact) mass is 313 g/mol. The molecule has 1 N–H and O–H groups in total. The number of rotatable bonds is 2. The number of carbonyl (C=O) groups excluding carboxylic acids is 1. The van der Waals surface area contributed by atoms with Crippen LogP contribution < -0.4 is 5.56 Å². The van der Waals surface area contributed by atoms with Crippen molar-refractivity contribution in [2.24, 2.45) is 7.05 Å². The number of para-hydroxylation sites is 1. The zero-order valence-corrected chi connectivity index (χ0v) is 12.5. The minimum Gasteiger partial charge on any atom is -0.506 e. The first-order valence-electron chi connectivity index (χ1n) is 6.61. The third-order valence-corrected chi connectivity index (χ3v) is 3.86. The summed E-state index contributed by atoms with van der Waals surface area (Å²) in [5.41, 5.74) is 0.101. The van der Waals surface area contributed by atoms with Gasteiger partial charge in [-0.05, 0) is 36.4 Å². The summed E-state index contributed by atoms with van der Waals surface area (Å²) in [5.74, 6) is -0.820. The highest BCUT2D eigenvalue weighted by molar-refractivity contribution is 6.30. The van der Waals surface area contributed by atoms with Crippen LogP contribution in [0, 0.1) is 0 Å². The highest BCUT2D eigenvalue weighted by atomic mass is 35.5. The normalized spacial score (nSPS) is 10.8. The molecule has 2 aromatic carbocycles. The van der Waals surface area contributed by atoms with Crippen LogP contribution in [0.3, 0.4) is 0 Å². The molecule has 0 aliphatic carbocycles. The number of ketones is 1. The number of aryl methyl sites for hydroxylation is 1. The van der Waals surface area contributed by atoms with Crippen LogP contribution in [0.5, 0.6) is 5.75 Å². The lowest BCUT2D eigenvalue weighted by molar-refractivity contribution is 0.103. The number of benzene rings is 2. The SMILES string of the molecule is Cn1c(=O)c(C(=O)c2ccc(Cl)cc2)c(O)c2ccccc21. The van der Waals surface area contributed by atoms with E-state index >= 15 is 0 Å². The second-order valence-electron chi connectivity index (χ2n) is 4.94. The Bertz CT molecular complexity index is 943. The fourth-order valence-corrected chi connectivity index (χ4v) is 2.56. The van der Waals surface area contributed by atoms with Crippen molar-refractivity contribution in [3.05, 3.63) is 75.0 Å². The Labute approximate surface area is 131 Å². The fraction of sp³-hybridized carbons (Fsp3) is 0.0588. The minimum atomic E-state index is -0.531. The standard InChI is InChI=1S/C17H12ClNO3/c1-19-13-5-3-2-4-12(13)16(21)14(17(19)22)15(20)10-6-8-11(18)9-7-10/h2-9,21H,1H3. The van der Waals surface area contributed by atoms with Crippen LogP contribution in [0.15, 0.2) is 53.3 Å². The first-order chi connectivity index (χ1) is 10.5. The first kappa shape index (κ1) is 14.4. The predicted molar refractivity (Wildman–Crippen MR) is 85.7 cm³/mol. The van der Waals surface area contributed by atoms with E-state index in [9.17, 15) is 14.7 Å². The van der Waals surface area contributed by atoms with E-state index in [4.69, 9.17) is 11.6 Å². The molecule has 4 nitrogen and oxygen atoms in total. The number of aromatic nitrogens is 1. The van der Waals surface area contributed by atoms with Gasteiger partial charge in [0.1, 0.15) is 11.3 Å². The van der Waals surface area contributed by atoms with E-state index < -0.39 is 11.3 Å². The molecular formula is C17H12ClNO3. The largest absolute Gasteiger partial charge is 0.506 e. The van der Waals surface area contributed by atoms with E-state index in [2.05, 4.69) is 0 Å². The molecular weight excluding hydrogens is 302 g/mol. The number of fused-ring (bicyclic) bond motifs is 1. The maximum atomic E-state index is 12.6. The molecule has 0 bridgehead atoms. The van der Waals surface area contributed by atoms with Gasteiger partial charge in [-0.25, -0.2) is 0 Å². The van der Waals surface area contributed by atoms with Crippen LogP contribution in [-0.2, 0) is 7.05 Å². The van der Waals surface area contributed by atoms with Crippen LogP contribution >= 0.6 is 11.6 Å². The molecule has 0 amide bonds. The zero-order chi connectivity index (χ0) is 15.9. The Morgan fingerprint density at radius 3 is 2.41 bits per heavy atom. The number of halogens is 1. The van der Waals surface area contributed by atoms with Gasteiger partial charge in [0.05, 0.1) is 5.52 Å². The van der Waals surface area contributed by atoms with Crippen molar-refractivity contribution in [1.82, 2.24) is 4.57 Å². The molecule has 0 fully saturated rings. The molecule has 0 atom stereocenters. The smallest absolute Gasteiger partial charge is 0.265 e. The Hall–Kier alpha value is -2.59. The summed E-state index contributed by atoms with van der Waals surface area (Å²) < 4.78 is 1.36. The number of pyridine rings is 1. The molecule has 3 rings (SSSR count). The molecule has 0 aliphatic heterocycles. The highest BCUT2D eigenvalue weighted by Crippen LogP contribution is 2.27. The van der Waals surface area contributed by atoms with Crippen LogP contribution in [0.25, 0.3) is 10.9 Å². The minimum absolute atomic E-state index is 0.233. The molecule has 0 saturated carbocycles. The van der Waals surface area contributed by atoms with E-state index in [1.54, 1.807) is 43.4 Å². The zero-order valence-electron chi connectivity index (χ0n) is 11.7. The Morgan fingerprint density at radius 2 is 1.73 bits per heavy atom. The molecule has 5 heteroatoms. The summed E-state index contributed by atoms with van der Waals surface area (Å²) in [5, 5.41) is 11.3. The lowest BCUT2D eigenvalue weighted by Crippen LogP contribution is -2.25. The number of nitrogens with zero attached hydrogens (tertiary/aromatic N) is 1. The quantitative estimate of drug-likeness (QED) is 0.739. The third-order valence-electron chi connectivity index (χ3n) is 3.61. The molecule has 110 valence electrons. The lowest BCUT2D eigenvalue weighted by atomic mass is 10.0. The average molecular weight is 314 g/mol. The second kappa shape index (κ2) is 5.31. The van der Waals surface area contributed by atoms with Gasteiger partial charge in [0.2, 0.25) is 5.78 Å². The number of aromatic hydroxyl groups is 1. The Balaban J connectivity index is 2.29. The summed E-state index contributed by atoms with van der Waals surface area (Å²) in [6.45, 7) is 0. The highest BCUT2D eigenvalue weighted by Gasteiger charge is 2.22. The average Bonchev–Trinajstić information content (AvgIpc) is 2.53. The maximum Gasteiger partial charge on any atom is 0.265 e. The number of carbonyl (C=O) groups is 1. The predicted octanol–water partition coefficient (Wildman–Crippen LogP) is 3.13. The van der Waals surface area contributed by atoms with Crippen molar-refractivity contribution in [3.63, 3.8) is 0 Å². The van der Waals surface area contributed by atoms with E-state index in [-0.39, 0.29) is 11.3 Å². The van der Waals surface area contributed by atoms with Crippen molar-refractivity contribution in [2.45, 2.75) is 0 Å². The van der Waals surface area contributed by atoms with E-state index in [0.29, 0.717) is 21.5 Å². The molecule has 3 aromatic rings. The molecule has 0 unspecified atom stereocenters. The summed E-state index contributed by atoms with van der Waals surface area (Å²) >= 11 is 5.80. The lowest BCUT2D eigenvalue weighted by Gasteiger charge is -2.11. The van der Waals surface area contributed by atoms with Crippen molar-refractivity contribution >= 4 is 28.3 Å². The Kier molecular flexibility index (Phi) is 3.47. The topological polar surface area (TPSA) is 59.3 Å². The summed E-state index contributed by atoms with van der Waals surface area (Å²) in [6, 6.07) is 13.1. The molecule has 0 saturated heterocycles. The van der Waals surface area contributed by atoms with Gasteiger partial charge >= 0.3 is 0 Å². The third kappa shape index (κ3) is 2.18. The van der Waals surface area contributed by atoms with Crippen molar-refractivity contribution in [1.29, 1.82) is 0 Å². The van der Waals surface area contributed by atoms with Crippen LogP contribution in [0.4, 0.5) is 0 Å². The van der Waals surface area contributed by atoms with Gasteiger partial charge in [-0.2, -0.15) is 0 Å². The molecule has 0 radical (unpaired) electrons. The van der Waals surface area contributed by atoms with Crippen LogP contribution in [-0.4, -0.2) is 15.5 Å². The fourth-order valence-electron chi connectivity index (χ4n) is 2.43. The molecule has 1 heterocycles. The molecule has 0 spiro atoms.